The van der Waals surface area contributed by atoms with Crippen molar-refractivity contribution in [1.29, 1.82) is 0 Å². The lowest BCUT2D eigenvalue weighted by Gasteiger charge is -2.25. The summed E-state index contributed by atoms with van der Waals surface area (Å²) < 4.78 is 1.13. The summed E-state index contributed by atoms with van der Waals surface area (Å²) in [4.78, 5) is 14.8. The number of aryl methyl sites for hydroxylation is 2. The summed E-state index contributed by atoms with van der Waals surface area (Å²) in [6, 6.07) is 14.2. The third-order valence-corrected chi connectivity index (χ3v) is 4.71. The van der Waals surface area contributed by atoms with Crippen molar-refractivity contribution >= 4 is 40.3 Å². The van der Waals surface area contributed by atoms with E-state index < -0.39 is 0 Å². The topological polar surface area (TPSA) is 20.3 Å². The lowest BCUT2D eigenvalue weighted by atomic mass is 10.1. The zero-order valence-electron chi connectivity index (χ0n) is 14.6. The summed E-state index contributed by atoms with van der Waals surface area (Å²) in [5, 5.41) is 0. The lowest BCUT2D eigenvalue weighted by molar-refractivity contribution is -0.114. The Morgan fingerprint density at radius 3 is 2.50 bits per heavy atom. The number of hydrogen-bond donors (Lipinski definition) is 0. The van der Waals surface area contributed by atoms with E-state index in [1.54, 1.807) is 6.08 Å². The van der Waals surface area contributed by atoms with Crippen molar-refractivity contribution in [3.63, 3.8) is 0 Å². The van der Waals surface area contributed by atoms with Gasteiger partial charge in [-0.25, -0.2) is 0 Å². The smallest absolute Gasteiger partial charge is 0.251 e. The molecule has 0 aromatic heterocycles. The van der Waals surface area contributed by atoms with Crippen LogP contribution in [0.2, 0.25) is 0 Å². The van der Waals surface area contributed by atoms with Crippen LogP contribution < -0.4 is 4.90 Å². The summed E-state index contributed by atoms with van der Waals surface area (Å²) in [6.07, 6.45) is 5.63. The molecule has 2 aromatic rings. The molecule has 0 radical (unpaired) electrons. The van der Waals surface area contributed by atoms with Crippen molar-refractivity contribution in [1.82, 2.24) is 0 Å². The summed E-state index contributed by atoms with van der Waals surface area (Å²) in [6.45, 7) is 7.06. The fourth-order valence-corrected chi connectivity index (χ4v) is 3.93. The molecule has 0 atom stereocenters. The van der Waals surface area contributed by atoms with Crippen molar-refractivity contribution in [2.45, 2.75) is 33.6 Å². The number of rotatable bonds is 6. The monoisotopic (exact) mass is 433 g/mol. The highest BCUT2D eigenvalue weighted by Crippen LogP contribution is 2.29. The van der Waals surface area contributed by atoms with Gasteiger partial charge in [0.05, 0.1) is 5.69 Å². The maximum atomic E-state index is 12.8. The number of carbonyl (C=O) groups is 1. The number of carbonyl (C=O) groups excluding carboxylic acids is 1. The maximum absolute atomic E-state index is 12.8. The molecule has 3 heteroatoms. The van der Waals surface area contributed by atoms with E-state index in [4.69, 9.17) is 0 Å². The van der Waals surface area contributed by atoms with Crippen molar-refractivity contribution in [3.05, 3.63) is 68.8 Å². The second-order valence-electron chi connectivity index (χ2n) is 6.00. The Bertz CT molecular complexity index is 699. The van der Waals surface area contributed by atoms with Crippen molar-refractivity contribution in [2.24, 2.45) is 0 Å². The highest BCUT2D eigenvalue weighted by atomic mass is 127. The highest BCUT2D eigenvalue weighted by molar-refractivity contribution is 14.1. The molecule has 0 saturated heterocycles. The molecule has 0 heterocycles. The molecule has 0 spiro atoms. The Balaban J connectivity index is 2.31. The van der Waals surface area contributed by atoms with E-state index in [-0.39, 0.29) is 5.91 Å². The van der Waals surface area contributed by atoms with Crippen LogP contribution in [0.4, 0.5) is 5.69 Å². The van der Waals surface area contributed by atoms with E-state index in [2.05, 4.69) is 55.5 Å². The Labute approximate surface area is 158 Å². The normalized spacial score (nSPS) is 11.0. The van der Waals surface area contributed by atoms with Gasteiger partial charge in [-0.2, -0.15) is 0 Å². The molecule has 0 bridgehead atoms. The predicted molar refractivity (Wildman–Crippen MR) is 111 cm³/mol. The number of halogens is 1. The molecule has 0 unspecified atom stereocenters. The minimum absolute atomic E-state index is 0.0390. The lowest BCUT2D eigenvalue weighted by Crippen LogP contribution is -2.31. The Kier molecular flexibility index (Phi) is 7.03. The number of amides is 1. The zero-order chi connectivity index (χ0) is 17.5. The quantitative estimate of drug-likeness (QED) is 0.419. The molecule has 0 fully saturated rings. The first kappa shape index (κ1) is 18.7. The molecular weight excluding hydrogens is 409 g/mol. The standard InChI is InChI=1S/C21H24INO/c1-4-5-13-23(21-17(3)14-16(2)15-19(21)22)20(24)12-11-18-9-7-6-8-10-18/h6-12,14-15H,4-5,13H2,1-3H3/b12-11+. The third-order valence-electron chi connectivity index (χ3n) is 3.89. The number of hydrogen-bond acceptors (Lipinski definition) is 1. The number of unbranched alkanes of at least 4 members (excludes halogenated alkanes) is 1. The zero-order valence-corrected chi connectivity index (χ0v) is 16.7. The van der Waals surface area contributed by atoms with E-state index in [1.807, 2.05) is 41.3 Å². The molecular formula is C21H24INO. The van der Waals surface area contributed by atoms with E-state index >= 15 is 0 Å². The van der Waals surface area contributed by atoms with Gasteiger partial charge in [0.25, 0.3) is 5.91 Å². The van der Waals surface area contributed by atoms with Crippen LogP contribution in [0.5, 0.6) is 0 Å². The molecule has 2 aromatic carbocycles. The average Bonchev–Trinajstić information content (AvgIpc) is 2.55. The molecule has 0 aliphatic carbocycles. The average molecular weight is 433 g/mol. The van der Waals surface area contributed by atoms with Gasteiger partial charge in [-0.3, -0.25) is 4.79 Å². The molecule has 0 saturated carbocycles. The number of benzene rings is 2. The number of anilines is 1. The van der Waals surface area contributed by atoms with Gasteiger partial charge in [-0.1, -0.05) is 49.7 Å². The number of nitrogens with zero attached hydrogens (tertiary/aromatic N) is 1. The van der Waals surface area contributed by atoms with Crippen molar-refractivity contribution in [2.75, 3.05) is 11.4 Å². The molecule has 0 N–H and O–H groups in total. The summed E-state index contributed by atoms with van der Waals surface area (Å²) in [7, 11) is 0. The Morgan fingerprint density at radius 2 is 1.88 bits per heavy atom. The Hall–Kier alpha value is -1.62. The summed E-state index contributed by atoms with van der Waals surface area (Å²) in [5.74, 6) is 0.0390. The summed E-state index contributed by atoms with van der Waals surface area (Å²) in [5.41, 5.74) is 4.45. The van der Waals surface area contributed by atoms with Gasteiger partial charge in [0.15, 0.2) is 0 Å². The van der Waals surface area contributed by atoms with E-state index in [9.17, 15) is 4.79 Å². The van der Waals surface area contributed by atoms with E-state index in [1.165, 1.54) is 5.56 Å². The van der Waals surface area contributed by atoms with Crippen LogP contribution in [-0.4, -0.2) is 12.5 Å². The largest absolute Gasteiger partial charge is 0.308 e. The van der Waals surface area contributed by atoms with Crippen LogP contribution in [0.1, 0.15) is 36.5 Å². The molecule has 2 nitrogen and oxygen atoms in total. The molecule has 24 heavy (non-hydrogen) atoms. The minimum Gasteiger partial charge on any atom is -0.308 e. The molecule has 126 valence electrons. The fourth-order valence-electron chi connectivity index (χ4n) is 2.72. The molecule has 1 amide bonds. The summed E-state index contributed by atoms with van der Waals surface area (Å²) >= 11 is 2.33. The van der Waals surface area contributed by atoms with Crippen LogP contribution in [-0.2, 0) is 4.79 Å². The molecule has 2 rings (SSSR count). The van der Waals surface area contributed by atoms with Crippen LogP contribution in [0.25, 0.3) is 6.08 Å². The van der Waals surface area contributed by atoms with E-state index in [0.717, 1.165) is 39.8 Å². The van der Waals surface area contributed by atoms with Gasteiger partial charge < -0.3 is 4.90 Å². The van der Waals surface area contributed by atoms with Gasteiger partial charge in [-0.15, -0.1) is 0 Å². The van der Waals surface area contributed by atoms with Crippen LogP contribution in [0.15, 0.2) is 48.5 Å². The first-order valence-corrected chi connectivity index (χ1v) is 9.42. The second-order valence-corrected chi connectivity index (χ2v) is 7.16. The van der Waals surface area contributed by atoms with Gasteiger partial charge in [-0.05, 0) is 71.7 Å². The molecule has 0 aliphatic rings. The molecule has 0 aliphatic heterocycles. The van der Waals surface area contributed by atoms with Crippen molar-refractivity contribution in [3.8, 4) is 0 Å². The maximum Gasteiger partial charge on any atom is 0.251 e. The Morgan fingerprint density at radius 1 is 1.17 bits per heavy atom. The highest BCUT2D eigenvalue weighted by Gasteiger charge is 2.18. The second kappa shape index (κ2) is 9.02. The van der Waals surface area contributed by atoms with E-state index in [0.29, 0.717) is 0 Å². The predicted octanol–water partition coefficient (Wildman–Crippen LogP) is 5.75. The third kappa shape index (κ3) is 4.94. The van der Waals surface area contributed by atoms with Crippen LogP contribution in [0, 0.1) is 17.4 Å². The van der Waals surface area contributed by atoms with Gasteiger partial charge in [0, 0.05) is 16.2 Å². The fraction of sp³-hybridized carbons (Fsp3) is 0.286. The van der Waals surface area contributed by atoms with Gasteiger partial charge in [0.2, 0.25) is 0 Å². The van der Waals surface area contributed by atoms with Gasteiger partial charge in [0.1, 0.15) is 0 Å². The van der Waals surface area contributed by atoms with Crippen LogP contribution in [0.3, 0.4) is 0 Å². The van der Waals surface area contributed by atoms with Gasteiger partial charge >= 0.3 is 0 Å². The van der Waals surface area contributed by atoms with Crippen molar-refractivity contribution < 1.29 is 4.79 Å². The SMILES string of the molecule is CCCCN(C(=O)/C=C/c1ccccc1)c1c(C)cc(C)cc1I. The first-order valence-electron chi connectivity index (χ1n) is 8.34. The first-order chi connectivity index (χ1) is 11.5. The minimum atomic E-state index is 0.0390. The van der Waals surface area contributed by atoms with Crippen LogP contribution >= 0.6 is 22.6 Å².